The van der Waals surface area contributed by atoms with E-state index in [1.807, 2.05) is 18.2 Å². The zero-order chi connectivity index (χ0) is 12.9. The molecule has 0 atom stereocenters. The van der Waals surface area contributed by atoms with E-state index in [1.165, 1.54) is 0 Å². The number of nitrogens with zero attached hydrogens (tertiary/aromatic N) is 1. The Morgan fingerprint density at radius 3 is 2.59 bits per heavy atom. The Morgan fingerprint density at radius 2 is 2.06 bits per heavy atom. The van der Waals surface area contributed by atoms with Crippen molar-refractivity contribution in [2.24, 2.45) is 0 Å². The van der Waals surface area contributed by atoms with Crippen LogP contribution in [-0.2, 0) is 6.42 Å². The number of ether oxygens (including phenoxy) is 1. The van der Waals surface area contributed by atoms with Gasteiger partial charge in [-0.1, -0.05) is 6.07 Å². The smallest absolute Gasteiger partial charge is 0.136 e. The lowest BCUT2D eigenvalue weighted by Gasteiger charge is -2.20. The molecule has 0 bridgehead atoms. The Kier molecular flexibility index (Phi) is 4.53. The van der Waals surface area contributed by atoms with Crippen molar-refractivity contribution in [3.8, 4) is 11.8 Å². The summed E-state index contributed by atoms with van der Waals surface area (Å²) in [6.07, 6.45) is 0.913. The Morgan fingerprint density at radius 1 is 1.35 bits per heavy atom. The number of hydrogen-bond acceptors (Lipinski definition) is 3. The molecule has 0 heterocycles. The molecule has 1 rings (SSSR count). The number of benzene rings is 1. The van der Waals surface area contributed by atoms with Crippen molar-refractivity contribution in [1.29, 1.82) is 5.26 Å². The van der Waals surface area contributed by atoms with E-state index >= 15 is 0 Å². The summed E-state index contributed by atoms with van der Waals surface area (Å²) in [7, 11) is 1.58. The van der Waals surface area contributed by atoms with Crippen molar-refractivity contribution in [2.75, 3.05) is 13.7 Å². The van der Waals surface area contributed by atoms with Gasteiger partial charge in [-0.3, -0.25) is 0 Å². The van der Waals surface area contributed by atoms with Crippen LogP contribution in [0.5, 0.6) is 5.75 Å². The molecular weight excluding hydrogens is 212 g/mol. The van der Waals surface area contributed by atoms with Crippen LogP contribution in [0.3, 0.4) is 0 Å². The van der Waals surface area contributed by atoms with Gasteiger partial charge >= 0.3 is 0 Å². The van der Waals surface area contributed by atoms with Crippen LogP contribution in [0.25, 0.3) is 0 Å². The minimum absolute atomic E-state index is 0.129. The highest BCUT2D eigenvalue weighted by atomic mass is 16.5. The molecule has 17 heavy (non-hydrogen) atoms. The molecule has 92 valence electrons. The maximum Gasteiger partial charge on any atom is 0.136 e. The predicted octanol–water partition coefficient (Wildman–Crippen LogP) is 2.50. The van der Waals surface area contributed by atoms with Crippen LogP contribution in [-0.4, -0.2) is 19.2 Å². The summed E-state index contributed by atoms with van der Waals surface area (Å²) < 4.78 is 5.11. The van der Waals surface area contributed by atoms with E-state index in [2.05, 4.69) is 32.2 Å². The largest absolute Gasteiger partial charge is 0.495 e. The van der Waals surface area contributed by atoms with Crippen molar-refractivity contribution in [3.63, 3.8) is 0 Å². The average Bonchev–Trinajstić information content (AvgIpc) is 2.27. The van der Waals surface area contributed by atoms with Crippen LogP contribution in [0.2, 0.25) is 0 Å². The number of rotatable bonds is 4. The maximum atomic E-state index is 8.98. The lowest BCUT2D eigenvalue weighted by Crippen LogP contribution is -2.37. The molecule has 0 radical (unpaired) electrons. The maximum absolute atomic E-state index is 8.98. The quantitative estimate of drug-likeness (QED) is 0.867. The van der Waals surface area contributed by atoms with Crippen molar-refractivity contribution in [1.82, 2.24) is 5.32 Å². The highest BCUT2D eigenvalue weighted by Crippen LogP contribution is 2.18. The number of nitrogens with one attached hydrogen (secondary N) is 1. The van der Waals surface area contributed by atoms with Gasteiger partial charge in [-0.05, 0) is 51.4 Å². The SMILES string of the molecule is COc1ccc(CCNC(C)(C)C)cc1C#N. The predicted molar refractivity (Wildman–Crippen MR) is 69.2 cm³/mol. The first-order valence-corrected chi connectivity index (χ1v) is 5.78. The van der Waals surface area contributed by atoms with E-state index in [-0.39, 0.29) is 5.54 Å². The van der Waals surface area contributed by atoms with Gasteiger partial charge in [-0.25, -0.2) is 0 Å². The second-order valence-corrected chi connectivity index (χ2v) is 5.07. The Hall–Kier alpha value is -1.53. The second kappa shape index (κ2) is 5.70. The molecule has 3 nitrogen and oxygen atoms in total. The van der Waals surface area contributed by atoms with Gasteiger partial charge in [-0.15, -0.1) is 0 Å². The first kappa shape index (κ1) is 13.5. The van der Waals surface area contributed by atoms with Gasteiger partial charge in [0.05, 0.1) is 12.7 Å². The van der Waals surface area contributed by atoms with Crippen molar-refractivity contribution in [2.45, 2.75) is 32.7 Å². The van der Waals surface area contributed by atoms with Crippen LogP contribution in [0.1, 0.15) is 31.9 Å². The molecule has 0 aromatic heterocycles. The van der Waals surface area contributed by atoms with Crippen molar-refractivity contribution in [3.05, 3.63) is 29.3 Å². The first-order valence-electron chi connectivity index (χ1n) is 5.78. The Balaban J connectivity index is 2.65. The van der Waals surface area contributed by atoms with Crippen LogP contribution in [0, 0.1) is 11.3 Å². The molecule has 1 aromatic rings. The second-order valence-electron chi connectivity index (χ2n) is 5.07. The van der Waals surface area contributed by atoms with Gasteiger partial charge in [0.2, 0.25) is 0 Å². The molecule has 0 aliphatic heterocycles. The summed E-state index contributed by atoms with van der Waals surface area (Å²) in [5, 5.41) is 12.4. The minimum Gasteiger partial charge on any atom is -0.495 e. The fourth-order valence-electron chi connectivity index (χ4n) is 1.58. The Bertz CT molecular complexity index is 413. The number of hydrogen-bond donors (Lipinski definition) is 1. The normalized spacial score (nSPS) is 11.0. The van der Waals surface area contributed by atoms with Crippen LogP contribution in [0.15, 0.2) is 18.2 Å². The molecule has 1 aromatic carbocycles. The molecule has 1 N–H and O–H groups in total. The van der Waals surface area contributed by atoms with Gasteiger partial charge in [0.25, 0.3) is 0 Å². The number of methoxy groups -OCH3 is 1. The van der Waals surface area contributed by atoms with Gasteiger partial charge in [-0.2, -0.15) is 5.26 Å². The molecule has 0 amide bonds. The fourth-order valence-corrected chi connectivity index (χ4v) is 1.58. The molecule has 0 aliphatic rings. The standard InChI is InChI=1S/C14H20N2O/c1-14(2,3)16-8-7-11-5-6-13(17-4)12(9-11)10-15/h5-6,9,16H,7-8H2,1-4H3. The molecular formula is C14H20N2O. The van der Waals surface area contributed by atoms with Crippen LogP contribution in [0.4, 0.5) is 0 Å². The van der Waals surface area contributed by atoms with Gasteiger partial charge in [0, 0.05) is 5.54 Å². The summed E-state index contributed by atoms with van der Waals surface area (Å²) in [5.41, 5.74) is 1.88. The minimum atomic E-state index is 0.129. The van der Waals surface area contributed by atoms with Gasteiger partial charge in [0.15, 0.2) is 0 Å². The Labute approximate surface area is 103 Å². The van der Waals surface area contributed by atoms with E-state index in [9.17, 15) is 0 Å². The van der Waals surface area contributed by atoms with Gasteiger partial charge in [0.1, 0.15) is 11.8 Å². The highest BCUT2D eigenvalue weighted by molar-refractivity contribution is 5.45. The lowest BCUT2D eigenvalue weighted by atomic mass is 10.1. The topological polar surface area (TPSA) is 45.0 Å². The number of nitriles is 1. The molecule has 0 aliphatic carbocycles. The van der Waals surface area contributed by atoms with E-state index < -0.39 is 0 Å². The summed E-state index contributed by atoms with van der Waals surface area (Å²) >= 11 is 0. The van der Waals surface area contributed by atoms with Gasteiger partial charge < -0.3 is 10.1 Å². The first-order chi connectivity index (χ1) is 7.96. The van der Waals surface area contributed by atoms with E-state index in [0.717, 1.165) is 18.5 Å². The molecule has 0 saturated carbocycles. The average molecular weight is 232 g/mol. The highest BCUT2D eigenvalue weighted by Gasteiger charge is 2.08. The summed E-state index contributed by atoms with van der Waals surface area (Å²) in [6, 6.07) is 7.90. The third-order valence-corrected chi connectivity index (χ3v) is 2.45. The van der Waals surface area contributed by atoms with Crippen molar-refractivity contribution < 1.29 is 4.74 Å². The van der Waals surface area contributed by atoms with Crippen molar-refractivity contribution >= 4 is 0 Å². The van der Waals surface area contributed by atoms with Crippen LogP contribution < -0.4 is 10.1 Å². The molecule has 0 fully saturated rings. The zero-order valence-corrected chi connectivity index (χ0v) is 11.0. The lowest BCUT2D eigenvalue weighted by molar-refractivity contribution is 0.413. The molecule has 0 saturated heterocycles. The molecule has 0 unspecified atom stereocenters. The van der Waals surface area contributed by atoms with E-state index in [0.29, 0.717) is 11.3 Å². The third kappa shape index (κ3) is 4.46. The van der Waals surface area contributed by atoms with Crippen LogP contribution >= 0.6 is 0 Å². The van der Waals surface area contributed by atoms with E-state index in [1.54, 1.807) is 7.11 Å². The molecule has 3 heteroatoms. The third-order valence-electron chi connectivity index (χ3n) is 2.45. The summed E-state index contributed by atoms with van der Waals surface area (Å²) in [5.74, 6) is 0.639. The monoisotopic (exact) mass is 232 g/mol. The fraction of sp³-hybridized carbons (Fsp3) is 0.500. The van der Waals surface area contributed by atoms with E-state index in [4.69, 9.17) is 10.00 Å². The summed E-state index contributed by atoms with van der Waals surface area (Å²) in [4.78, 5) is 0. The molecule has 0 spiro atoms. The zero-order valence-electron chi connectivity index (χ0n) is 11.0. The summed E-state index contributed by atoms with van der Waals surface area (Å²) in [6.45, 7) is 7.33.